The number of aryl methyl sites for hydroxylation is 1. The molecule has 27 heavy (non-hydrogen) atoms. The molecule has 0 unspecified atom stereocenters. The van der Waals surface area contributed by atoms with Crippen molar-refractivity contribution >= 4 is 22.9 Å². The first-order valence-electron chi connectivity index (χ1n) is 8.15. The van der Waals surface area contributed by atoms with Gasteiger partial charge in [-0.05, 0) is 19.1 Å². The van der Waals surface area contributed by atoms with Crippen LogP contribution in [0.25, 0.3) is 10.8 Å². The van der Waals surface area contributed by atoms with Gasteiger partial charge in [0.25, 0.3) is 0 Å². The van der Waals surface area contributed by atoms with Gasteiger partial charge in [-0.25, -0.2) is 4.98 Å². The number of carbonyl (C=O) groups excluding carboxylic acids is 1. The molecule has 0 spiro atoms. The van der Waals surface area contributed by atoms with Crippen molar-refractivity contribution in [1.82, 2.24) is 4.98 Å². The molecule has 0 bridgehead atoms. The highest BCUT2D eigenvalue weighted by Gasteiger charge is 2.16. The van der Waals surface area contributed by atoms with Gasteiger partial charge in [0.2, 0.25) is 11.7 Å². The van der Waals surface area contributed by atoms with Crippen LogP contribution in [0.3, 0.4) is 0 Å². The summed E-state index contributed by atoms with van der Waals surface area (Å²) in [6.45, 7) is 1.88. The fourth-order valence-corrected chi connectivity index (χ4v) is 3.35. The van der Waals surface area contributed by atoms with Crippen molar-refractivity contribution in [2.24, 2.45) is 0 Å². The van der Waals surface area contributed by atoms with Crippen molar-refractivity contribution in [3.63, 3.8) is 0 Å². The van der Waals surface area contributed by atoms with Crippen molar-refractivity contribution < 1.29 is 23.4 Å². The van der Waals surface area contributed by atoms with Crippen LogP contribution in [0.4, 0.5) is 5.69 Å². The zero-order valence-corrected chi connectivity index (χ0v) is 16.3. The van der Waals surface area contributed by atoms with Crippen LogP contribution in [0.1, 0.15) is 11.5 Å². The Hall–Kier alpha value is -3.00. The number of aromatic nitrogens is 1. The lowest BCUT2D eigenvalue weighted by molar-refractivity contribution is -0.115. The zero-order valence-electron chi connectivity index (χ0n) is 15.5. The normalized spacial score (nSPS) is 10.5. The summed E-state index contributed by atoms with van der Waals surface area (Å²) in [7, 11) is 4.57. The second-order valence-electron chi connectivity index (χ2n) is 5.69. The molecule has 0 atom stereocenters. The Kier molecular flexibility index (Phi) is 5.66. The van der Waals surface area contributed by atoms with Gasteiger partial charge in [-0.1, -0.05) is 0 Å². The van der Waals surface area contributed by atoms with E-state index in [9.17, 15) is 4.79 Å². The second kappa shape index (κ2) is 8.13. The minimum Gasteiger partial charge on any atom is -0.493 e. The Morgan fingerprint density at radius 3 is 2.41 bits per heavy atom. The number of carbonyl (C=O) groups is 1. The van der Waals surface area contributed by atoms with E-state index in [0.717, 1.165) is 10.8 Å². The molecule has 8 heteroatoms. The number of furan rings is 1. The van der Waals surface area contributed by atoms with Crippen molar-refractivity contribution in [3.05, 3.63) is 41.1 Å². The van der Waals surface area contributed by atoms with Crippen molar-refractivity contribution in [1.29, 1.82) is 0 Å². The van der Waals surface area contributed by atoms with E-state index in [2.05, 4.69) is 10.3 Å². The summed E-state index contributed by atoms with van der Waals surface area (Å²) < 4.78 is 21.4. The SMILES string of the molecule is COc1cc(NC(=O)Cc2csc(-c3ccc(C)o3)n2)cc(OC)c1OC. The first-order chi connectivity index (χ1) is 13.0. The summed E-state index contributed by atoms with van der Waals surface area (Å²) in [6.07, 6.45) is 0.146. The lowest BCUT2D eigenvalue weighted by atomic mass is 10.2. The molecule has 3 aromatic rings. The van der Waals surface area contributed by atoms with Gasteiger partial charge in [0.15, 0.2) is 22.3 Å². The molecule has 2 heterocycles. The van der Waals surface area contributed by atoms with Crippen LogP contribution in [0, 0.1) is 6.92 Å². The van der Waals surface area contributed by atoms with E-state index < -0.39 is 0 Å². The minimum atomic E-state index is -0.197. The van der Waals surface area contributed by atoms with Crippen LogP contribution >= 0.6 is 11.3 Å². The van der Waals surface area contributed by atoms with Gasteiger partial charge < -0.3 is 23.9 Å². The highest BCUT2D eigenvalue weighted by molar-refractivity contribution is 7.13. The number of hydrogen-bond donors (Lipinski definition) is 1. The van der Waals surface area contributed by atoms with E-state index in [0.29, 0.717) is 34.4 Å². The van der Waals surface area contributed by atoms with Crippen LogP contribution < -0.4 is 19.5 Å². The average Bonchev–Trinajstić information content (AvgIpc) is 3.29. The van der Waals surface area contributed by atoms with Gasteiger partial charge in [-0.2, -0.15) is 0 Å². The molecule has 2 aromatic heterocycles. The Balaban J connectivity index is 1.72. The minimum absolute atomic E-state index is 0.146. The number of nitrogens with zero attached hydrogens (tertiary/aromatic N) is 1. The molecule has 1 N–H and O–H groups in total. The highest BCUT2D eigenvalue weighted by atomic mass is 32.1. The number of benzene rings is 1. The smallest absolute Gasteiger partial charge is 0.230 e. The number of thiazole rings is 1. The molecular weight excluding hydrogens is 368 g/mol. The predicted octanol–water partition coefficient (Wildman–Crippen LogP) is 3.92. The Bertz CT molecular complexity index is 922. The Morgan fingerprint density at radius 1 is 1.15 bits per heavy atom. The monoisotopic (exact) mass is 388 g/mol. The quantitative estimate of drug-likeness (QED) is 0.661. The van der Waals surface area contributed by atoms with Crippen molar-refractivity contribution in [2.45, 2.75) is 13.3 Å². The summed E-state index contributed by atoms with van der Waals surface area (Å²) in [5.41, 5.74) is 1.22. The summed E-state index contributed by atoms with van der Waals surface area (Å²) in [4.78, 5) is 16.9. The predicted molar refractivity (Wildman–Crippen MR) is 103 cm³/mol. The van der Waals surface area contributed by atoms with Gasteiger partial charge in [0.1, 0.15) is 5.76 Å². The third kappa shape index (κ3) is 4.22. The van der Waals surface area contributed by atoms with E-state index in [1.807, 2.05) is 24.4 Å². The molecule has 3 rings (SSSR count). The first kappa shape index (κ1) is 18.8. The molecule has 0 saturated carbocycles. The fraction of sp³-hybridized carbons (Fsp3) is 0.263. The van der Waals surface area contributed by atoms with Crippen LogP contribution in [0.2, 0.25) is 0 Å². The van der Waals surface area contributed by atoms with Crippen LogP contribution in [-0.4, -0.2) is 32.2 Å². The largest absolute Gasteiger partial charge is 0.493 e. The van der Waals surface area contributed by atoms with Crippen LogP contribution in [0.5, 0.6) is 17.2 Å². The average molecular weight is 388 g/mol. The van der Waals surface area contributed by atoms with E-state index in [1.165, 1.54) is 32.7 Å². The van der Waals surface area contributed by atoms with Crippen LogP contribution in [0.15, 0.2) is 34.1 Å². The molecule has 1 aromatic carbocycles. The van der Waals surface area contributed by atoms with Crippen molar-refractivity contribution in [2.75, 3.05) is 26.6 Å². The fourth-order valence-electron chi connectivity index (χ4n) is 2.57. The van der Waals surface area contributed by atoms with Gasteiger partial charge in [-0.15, -0.1) is 11.3 Å². The van der Waals surface area contributed by atoms with E-state index >= 15 is 0 Å². The van der Waals surface area contributed by atoms with Gasteiger partial charge in [-0.3, -0.25) is 4.79 Å². The number of nitrogens with one attached hydrogen (secondary N) is 1. The molecule has 0 saturated heterocycles. The molecule has 0 aliphatic heterocycles. The lowest BCUT2D eigenvalue weighted by Gasteiger charge is -2.14. The molecule has 142 valence electrons. The number of rotatable bonds is 7. The Labute approximate surface area is 160 Å². The third-order valence-electron chi connectivity index (χ3n) is 3.79. The number of amides is 1. The highest BCUT2D eigenvalue weighted by Crippen LogP contribution is 2.40. The number of anilines is 1. The molecule has 0 aliphatic carbocycles. The summed E-state index contributed by atoms with van der Waals surface area (Å²) in [5, 5.41) is 5.43. The van der Waals surface area contributed by atoms with Gasteiger partial charge in [0.05, 0.1) is 33.4 Å². The molecule has 1 amide bonds. The Morgan fingerprint density at radius 2 is 1.85 bits per heavy atom. The van der Waals surface area contributed by atoms with Gasteiger partial charge in [0, 0.05) is 23.2 Å². The third-order valence-corrected chi connectivity index (χ3v) is 4.70. The molecule has 0 fully saturated rings. The maximum Gasteiger partial charge on any atom is 0.230 e. The molecule has 0 radical (unpaired) electrons. The lowest BCUT2D eigenvalue weighted by Crippen LogP contribution is -2.14. The number of methoxy groups -OCH3 is 3. The molecule has 0 aliphatic rings. The summed E-state index contributed by atoms with van der Waals surface area (Å²) in [5.74, 6) is 2.73. The summed E-state index contributed by atoms with van der Waals surface area (Å²) >= 11 is 1.44. The second-order valence-corrected chi connectivity index (χ2v) is 6.55. The number of hydrogen-bond acceptors (Lipinski definition) is 7. The molecular formula is C19H20N2O5S. The van der Waals surface area contributed by atoms with Crippen molar-refractivity contribution in [3.8, 4) is 28.0 Å². The maximum absolute atomic E-state index is 12.4. The van der Waals surface area contributed by atoms with E-state index in [1.54, 1.807) is 12.1 Å². The zero-order chi connectivity index (χ0) is 19.4. The number of ether oxygens (including phenoxy) is 3. The maximum atomic E-state index is 12.4. The summed E-state index contributed by atoms with van der Waals surface area (Å²) in [6, 6.07) is 7.11. The van der Waals surface area contributed by atoms with Crippen LogP contribution in [-0.2, 0) is 11.2 Å². The van der Waals surface area contributed by atoms with E-state index in [4.69, 9.17) is 18.6 Å². The standard InChI is InChI=1S/C19H20N2O5S/c1-11-5-6-14(26-11)19-21-13(10-27-19)9-17(22)20-12-7-15(23-2)18(25-4)16(8-12)24-3/h5-8,10H,9H2,1-4H3,(H,20,22). The molecule has 7 nitrogen and oxygen atoms in total. The first-order valence-corrected chi connectivity index (χ1v) is 9.03. The van der Waals surface area contributed by atoms with E-state index in [-0.39, 0.29) is 12.3 Å². The van der Waals surface area contributed by atoms with Gasteiger partial charge >= 0.3 is 0 Å². The topological polar surface area (TPSA) is 82.8 Å².